The lowest BCUT2D eigenvalue weighted by Crippen LogP contribution is -2.30. The summed E-state index contributed by atoms with van der Waals surface area (Å²) in [6, 6.07) is 3.35. The number of rotatable bonds is 5. The van der Waals surface area contributed by atoms with Crippen LogP contribution in [0.5, 0.6) is 0 Å². The fourth-order valence-electron chi connectivity index (χ4n) is 1.85. The minimum atomic E-state index is -4.46. The highest BCUT2D eigenvalue weighted by molar-refractivity contribution is 5.75. The van der Waals surface area contributed by atoms with Crippen LogP contribution in [0.15, 0.2) is 24.3 Å². The number of carbonyl (C=O) groups is 1. The Bertz CT molecular complexity index is 469. The van der Waals surface area contributed by atoms with Gasteiger partial charge in [-0.2, -0.15) is 13.2 Å². The van der Waals surface area contributed by atoms with Crippen LogP contribution in [0.3, 0.4) is 0 Å². The van der Waals surface area contributed by atoms with Crippen molar-refractivity contribution in [1.82, 2.24) is 5.32 Å². The zero-order valence-corrected chi connectivity index (χ0v) is 10.1. The van der Waals surface area contributed by atoms with Gasteiger partial charge in [-0.3, -0.25) is 4.79 Å². The van der Waals surface area contributed by atoms with Crippen LogP contribution in [0.4, 0.5) is 13.2 Å². The number of carboxylic acids is 1. The fraction of sp³-hybridized carbons (Fsp3) is 0.462. The molecule has 104 valence electrons. The molecule has 6 heteroatoms. The summed E-state index contributed by atoms with van der Waals surface area (Å²) in [6.07, 6.45) is -2.38. The molecule has 2 N–H and O–H groups in total. The summed E-state index contributed by atoms with van der Waals surface area (Å²) < 4.78 is 37.8. The van der Waals surface area contributed by atoms with Crippen LogP contribution in [-0.2, 0) is 11.0 Å². The van der Waals surface area contributed by atoms with E-state index in [1.807, 2.05) is 0 Å². The van der Waals surface area contributed by atoms with Crippen LogP contribution in [0, 0.1) is 5.92 Å². The van der Waals surface area contributed by atoms with Crippen molar-refractivity contribution >= 4 is 5.97 Å². The van der Waals surface area contributed by atoms with E-state index in [0.29, 0.717) is 12.5 Å². The Kier molecular flexibility index (Phi) is 3.80. The van der Waals surface area contributed by atoms with Gasteiger partial charge < -0.3 is 10.4 Å². The van der Waals surface area contributed by atoms with E-state index in [1.165, 1.54) is 12.1 Å². The summed E-state index contributed by atoms with van der Waals surface area (Å²) in [5, 5.41) is 11.9. The summed E-state index contributed by atoms with van der Waals surface area (Å²) in [5.41, 5.74) is -0.701. The van der Waals surface area contributed by atoms with Gasteiger partial charge in [-0.05, 0) is 43.0 Å². The van der Waals surface area contributed by atoms with Crippen molar-refractivity contribution < 1.29 is 23.1 Å². The van der Waals surface area contributed by atoms with Gasteiger partial charge in [0.25, 0.3) is 0 Å². The molecular weight excluding hydrogens is 259 g/mol. The minimum Gasteiger partial charge on any atom is -0.480 e. The maximum Gasteiger partial charge on any atom is 0.416 e. The maximum atomic E-state index is 12.6. The molecule has 19 heavy (non-hydrogen) atoms. The van der Waals surface area contributed by atoms with E-state index in [-0.39, 0.29) is 5.56 Å². The lowest BCUT2D eigenvalue weighted by atomic mass is 10.0. The molecule has 0 saturated heterocycles. The highest BCUT2D eigenvalue weighted by atomic mass is 19.4. The topological polar surface area (TPSA) is 49.3 Å². The quantitative estimate of drug-likeness (QED) is 0.867. The van der Waals surface area contributed by atoms with E-state index in [4.69, 9.17) is 5.11 Å². The molecule has 1 aliphatic rings. The standard InChI is InChI=1S/C13H14F3NO2/c14-13(15,16)10-3-1-2-9(6-10)11(12(18)19)17-7-8-4-5-8/h1-3,6,8,11,17H,4-5,7H2,(H,18,19). The third kappa shape index (κ3) is 3.70. The molecule has 0 aromatic heterocycles. The molecule has 1 aliphatic carbocycles. The zero-order chi connectivity index (χ0) is 14.0. The zero-order valence-electron chi connectivity index (χ0n) is 10.1. The summed E-state index contributed by atoms with van der Waals surface area (Å²) in [4.78, 5) is 11.2. The van der Waals surface area contributed by atoms with Crippen molar-refractivity contribution in [2.45, 2.75) is 25.1 Å². The molecule has 0 spiro atoms. The van der Waals surface area contributed by atoms with E-state index in [9.17, 15) is 18.0 Å². The lowest BCUT2D eigenvalue weighted by molar-refractivity contribution is -0.140. The van der Waals surface area contributed by atoms with E-state index in [0.717, 1.165) is 25.0 Å². The van der Waals surface area contributed by atoms with Crippen LogP contribution < -0.4 is 5.32 Å². The number of hydrogen-bond acceptors (Lipinski definition) is 2. The first-order chi connectivity index (χ1) is 8.88. The van der Waals surface area contributed by atoms with Crippen molar-refractivity contribution in [2.24, 2.45) is 5.92 Å². The predicted octanol–water partition coefficient (Wildman–Crippen LogP) is 2.83. The van der Waals surface area contributed by atoms with Gasteiger partial charge in [-0.15, -0.1) is 0 Å². The first-order valence-electron chi connectivity index (χ1n) is 6.01. The van der Waals surface area contributed by atoms with Gasteiger partial charge in [0.2, 0.25) is 0 Å². The first kappa shape index (κ1) is 13.9. The van der Waals surface area contributed by atoms with E-state index in [2.05, 4.69) is 5.32 Å². The Labute approximate surface area is 108 Å². The van der Waals surface area contributed by atoms with Crippen molar-refractivity contribution in [1.29, 1.82) is 0 Å². The molecule has 2 rings (SSSR count). The molecule has 1 atom stereocenters. The number of halogens is 3. The Morgan fingerprint density at radius 2 is 2.11 bits per heavy atom. The van der Waals surface area contributed by atoms with E-state index >= 15 is 0 Å². The van der Waals surface area contributed by atoms with Crippen LogP contribution in [0.25, 0.3) is 0 Å². The predicted molar refractivity (Wildman–Crippen MR) is 62.5 cm³/mol. The van der Waals surface area contributed by atoms with Crippen LogP contribution >= 0.6 is 0 Å². The highest BCUT2D eigenvalue weighted by Crippen LogP contribution is 2.32. The van der Waals surface area contributed by atoms with Gasteiger partial charge in [0.05, 0.1) is 5.56 Å². The molecule has 0 bridgehead atoms. The molecule has 0 radical (unpaired) electrons. The van der Waals surface area contributed by atoms with Crippen LogP contribution in [-0.4, -0.2) is 17.6 Å². The molecule has 1 unspecified atom stereocenters. The molecule has 1 fully saturated rings. The summed E-state index contributed by atoms with van der Waals surface area (Å²) in [5.74, 6) is -0.715. The van der Waals surface area contributed by atoms with Gasteiger partial charge in [0.15, 0.2) is 0 Å². The van der Waals surface area contributed by atoms with Crippen LogP contribution in [0.1, 0.15) is 30.0 Å². The lowest BCUT2D eigenvalue weighted by Gasteiger charge is -2.16. The summed E-state index contributed by atoms with van der Waals surface area (Å²) >= 11 is 0. The normalized spacial score (nSPS) is 17.2. The van der Waals surface area contributed by atoms with Crippen LogP contribution in [0.2, 0.25) is 0 Å². The molecule has 1 aromatic carbocycles. The second-order valence-electron chi connectivity index (χ2n) is 4.75. The first-order valence-corrected chi connectivity index (χ1v) is 6.01. The van der Waals surface area contributed by atoms with Gasteiger partial charge in [0.1, 0.15) is 6.04 Å². The molecule has 0 amide bonds. The summed E-state index contributed by atoms with van der Waals surface area (Å²) in [7, 11) is 0. The third-order valence-corrected chi connectivity index (χ3v) is 3.10. The number of alkyl halides is 3. The fourth-order valence-corrected chi connectivity index (χ4v) is 1.85. The number of nitrogens with one attached hydrogen (secondary N) is 1. The Balaban J connectivity index is 2.17. The molecule has 3 nitrogen and oxygen atoms in total. The monoisotopic (exact) mass is 273 g/mol. The largest absolute Gasteiger partial charge is 0.480 e. The minimum absolute atomic E-state index is 0.128. The van der Waals surface area contributed by atoms with Gasteiger partial charge in [-0.25, -0.2) is 0 Å². The number of benzene rings is 1. The summed E-state index contributed by atoms with van der Waals surface area (Å²) in [6.45, 7) is 0.521. The van der Waals surface area contributed by atoms with Crippen molar-refractivity contribution in [3.63, 3.8) is 0 Å². The number of carboxylic acid groups (broad SMARTS) is 1. The van der Waals surface area contributed by atoms with Crippen molar-refractivity contribution in [3.8, 4) is 0 Å². The Hall–Kier alpha value is -1.56. The van der Waals surface area contributed by atoms with Gasteiger partial charge >= 0.3 is 12.1 Å². The van der Waals surface area contributed by atoms with E-state index < -0.39 is 23.8 Å². The molecular formula is C13H14F3NO2. The molecule has 1 saturated carbocycles. The number of hydrogen-bond donors (Lipinski definition) is 2. The number of aliphatic carboxylic acids is 1. The van der Waals surface area contributed by atoms with Gasteiger partial charge in [0, 0.05) is 0 Å². The molecule has 1 aromatic rings. The Morgan fingerprint density at radius 1 is 1.42 bits per heavy atom. The second-order valence-corrected chi connectivity index (χ2v) is 4.75. The maximum absolute atomic E-state index is 12.6. The van der Waals surface area contributed by atoms with Gasteiger partial charge in [-0.1, -0.05) is 12.1 Å². The SMILES string of the molecule is O=C(O)C(NCC1CC1)c1cccc(C(F)(F)F)c1. The van der Waals surface area contributed by atoms with Crippen molar-refractivity contribution in [2.75, 3.05) is 6.54 Å². The third-order valence-electron chi connectivity index (χ3n) is 3.10. The second kappa shape index (κ2) is 5.21. The highest BCUT2D eigenvalue weighted by Gasteiger charge is 2.32. The average molecular weight is 273 g/mol. The molecule has 0 aliphatic heterocycles. The van der Waals surface area contributed by atoms with E-state index in [1.54, 1.807) is 0 Å². The van der Waals surface area contributed by atoms with Crippen molar-refractivity contribution in [3.05, 3.63) is 35.4 Å². The smallest absolute Gasteiger partial charge is 0.416 e. The Morgan fingerprint density at radius 3 is 2.63 bits per heavy atom. The average Bonchev–Trinajstić information content (AvgIpc) is 3.12. The molecule has 0 heterocycles.